The van der Waals surface area contributed by atoms with Crippen molar-refractivity contribution in [2.24, 2.45) is 0 Å². The number of aromatic nitrogens is 1. The minimum atomic E-state index is 0.305. The molecular formula is C15H22N2. The molecule has 0 amide bonds. The zero-order valence-corrected chi connectivity index (χ0v) is 11.1. The Morgan fingerprint density at radius 3 is 3.00 bits per heavy atom. The quantitative estimate of drug-likeness (QED) is 0.785. The van der Waals surface area contributed by atoms with Gasteiger partial charge in [0.1, 0.15) is 0 Å². The molecular weight excluding hydrogens is 208 g/mol. The second-order valence-corrected chi connectivity index (χ2v) is 5.92. The fourth-order valence-electron chi connectivity index (χ4n) is 3.31. The Hall–Kier alpha value is -1.02. The van der Waals surface area contributed by atoms with Gasteiger partial charge in [-0.05, 0) is 35.0 Å². The van der Waals surface area contributed by atoms with Gasteiger partial charge in [0.25, 0.3) is 0 Å². The molecule has 0 saturated heterocycles. The predicted octanol–water partition coefficient (Wildman–Crippen LogP) is 2.72. The van der Waals surface area contributed by atoms with Gasteiger partial charge in [0.2, 0.25) is 0 Å². The lowest BCUT2D eigenvalue weighted by Gasteiger charge is -2.31. The van der Waals surface area contributed by atoms with Gasteiger partial charge < -0.3 is 9.88 Å². The molecule has 0 unspecified atom stereocenters. The van der Waals surface area contributed by atoms with Crippen LogP contribution < -0.4 is 5.32 Å². The highest BCUT2D eigenvalue weighted by Gasteiger charge is 2.33. The Kier molecular flexibility index (Phi) is 2.44. The van der Waals surface area contributed by atoms with Crippen LogP contribution >= 0.6 is 0 Å². The first-order chi connectivity index (χ1) is 8.13. The fraction of sp³-hybridized carbons (Fsp3) is 0.600. The number of nitrogens with zero attached hydrogens (tertiary/aromatic N) is 1. The van der Waals surface area contributed by atoms with Crippen LogP contribution in [0.25, 0.3) is 5.57 Å². The summed E-state index contributed by atoms with van der Waals surface area (Å²) in [6.45, 7) is 10.3. The molecule has 2 heterocycles. The molecule has 17 heavy (non-hydrogen) atoms. The van der Waals surface area contributed by atoms with Crippen LogP contribution in [0.5, 0.6) is 0 Å². The lowest BCUT2D eigenvalue weighted by atomic mass is 9.74. The highest BCUT2D eigenvalue weighted by Crippen LogP contribution is 2.42. The van der Waals surface area contributed by atoms with Crippen molar-refractivity contribution in [1.29, 1.82) is 0 Å². The molecule has 0 bridgehead atoms. The number of nitrogens with one attached hydrogen (secondary N) is 1. The number of aryl methyl sites for hydroxylation is 1. The van der Waals surface area contributed by atoms with Crippen LogP contribution in [-0.2, 0) is 18.4 Å². The zero-order valence-electron chi connectivity index (χ0n) is 11.1. The molecule has 0 aromatic carbocycles. The average Bonchev–Trinajstić information content (AvgIpc) is 2.56. The third kappa shape index (κ3) is 1.58. The summed E-state index contributed by atoms with van der Waals surface area (Å²) in [4.78, 5) is 0. The molecule has 2 nitrogen and oxygen atoms in total. The maximum absolute atomic E-state index is 3.52. The van der Waals surface area contributed by atoms with Gasteiger partial charge in [-0.2, -0.15) is 0 Å². The van der Waals surface area contributed by atoms with Crippen molar-refractivity contribution < 1.29 is 0 Å². The maximum Gasteiger partial charge on any atom is 0.0490 e. The van der Waals surface area contributed by atoms with Crippen molar-refractivity contribution in [2.75, 3.05) is 13.1 Å². The van der Waals surface area contributed by atoms with E-state index in [1.807, 2.05) is 0 Å². The summed E-state index contributed by atoms with van der Waals surface area (Å²) >= 11 is 0. The number of hydrogen-bond acceptors (Lipinski definition) is 1. The molecule has 1 aromatic heterocycles. The molecule has 1 aromatic rings. The van der Waals surface area contributed by atoms with Crippen molar-refractivity contribution in [1.82, 2.24) is 9.88 Å². The fourth-order valence-corrected chi connectivity index (χ4v) is 3.31. The summed E-state index contributed by atoms with van der Waals surface area (Å²) in [5.41, 5.74) is 6.50. The van der Waals surface area contributed by atoms with Gasteiger partial charge in [0.05, 0.1) is 0 Å². The van der Waals surface area contributed by atoms with E-state index in [1.165, 1.54) is 17.7 Å². The van der Waals surface area contributed by atoms with Crippen LogP contribution in [0.4, 0.5) is 0 Å². The standard InChI is InChI=1S/C15H22N2/c1-4-11-10-17-8-7-16-9-12-5-6-15(2,3)13(11)14(12)17/h5,10,16H,4,6-9H2,1-3H3. The summed E-state index contributed by atoms with van der Waals surface area (Å²) in [5.74, 6) is 0. The van der Waals surface area contributed by atoms with E-state index >= 15 is 0 Å². The lowest BCUT2D eigenvalue weighted by Crippen LogP contribution is -2.24. The van der Waals surface area contributed by atoms with Crippen LogP contribution in [0.1, 0.15) is 44.0 Å². The summed E-state index contributed by atoms with van der Waals surface area (Å²) in [5, 5.41) is 3.52. The Labute approximate surface area is 104 Å². The lowest BCUT2D eigenvalue weighted by molar-refractivity contribution is 0.519. The number of allylic oxidation sites excluding steroid dienone is 1. The van der Waals surface area contributed by atoms with Crippen molar-refractivity contribution in [2.45, 2.75) is 45.6 Å². The van der Waals surface area contributed by atoms with E-state index in [0.29, 0.717) is 5.41 Å². The molecule has 1 N–H and O–H groups in total. The molecule has 0 radical (unpaired) electrons. The van der Waals surface area contributed by atoms with E-state index in [9.17, 15) is 0 Å². The molecule has 0 atom stereocenters. The topological polar surface area (TPSA) is 17.0 Å². The highest BCUT2D eigenvalue weighted by molar-refractivity contribution is 5.72. The van der Waals surface area contributed by atoms with Crippen molar-refractivity contribution in [3.63, 3.8) is 0 Å². The molecule has 92 valence electrons. The number of hydrogen-bond donors (Lipinski definition) is 1. The van der Waals surface area contributed by atoms with Crippen molar-refractivity contribution >= 4 is 5.57 Å². The predicted molar refractivity (Wildman–Crippen MR) is 72.3 cm³/mol. The summed E-state index contributed by atoms with van der Waals surface area (Å²) in [6, 6.07) is 0. The van der Waals surface area contributed by atoms with E-state index in [2.05, 4.69) is 42.9 Å². The van der Waals surface area contributed by atoms with E-state index in [0.717, 1.165) is 26.1 Å². The van der Waals surface area contributed by atoms with Crippen molar-refractivity contribution in [3.05, 3.63) is 29.1 Å². The smallest absolute Gasteiger partial charge is 0.0490 e. The van der Waals surface area contributed by atoms with Gasteiger partial charge in [-0.25, -0.2) is 0 Å². The molecule has 0 spiro atoms. The van der Waals surface area contributed by atoms with E-state index < -0.39 is 0 Å². The maximum atomic E-state index is 3.52. The van der Waals surface area contributed by atoms with E-state index in [1.54, 1.807) is 11.1 Å². The van der Waals surface area contributed by atoms with Crippen molar-refractivity contribution in [3.8, 4) is 0 Å². The van der Waals surface area contributed by atoms with E-state index in [4.69, 9.17) is 0 Å². The molecule has 3 rings (SSSR count). The first-order valence-corrected chi connectivity index (χ1v) is 6.76. The first kappa shape index (κ1) is 11.1. The first-order valence-electron chi connectivity index (χ1n) is 6.76. The third-order valence-electron chi connectivity index (χ3n) is 4.22. The second-order valence-electron chi connectivity index (χ2n) is 5.92. The Morgan fingerprint density at radius 2 is 2.24 bits per heavy atom. The summed E-state index contributed by atoms with van der Waals surface area (Å²) in [6.07, 6.45) is 7.16. The monoisotopic (exact) mass is 230 g/mol. The molecule has 1 aliphatic heterocycles. The van der Waals surface area contributed by atoms with Crippen LogP contribution in [0.15, 0.2) is 12.3 Å². The van der Waals surface area contributed by atoms with Gasteiger partial charge >= 0.3 is 0 Å². The van der Waals surface area contributed by atoms with Crippen LogP contribution in [-0.4, -0.2) is 17.7 Å². The molecule has 2 heteroatoms. The summed E-state index contributed by atoms with van der Waals surface area (Å²) < 4.78 is 2.47. The van der Waals surface area contributed by atoms with Gasteiger partial charge in [-0.15, -0.1) is 0 Å². The van der Waals surface area contributed by atoms with Crippen LogP contribution in [0.2, 0.25) is 0 Å². The van der Waals surface area contributed by atoms with Gasteiger partial charge in [-0.3, -0.25) is 0 Å². The van der Waals surface area contributed by atoms with Gasteiger partial charge in [0, 0.05) is 31.5 Å². The number of rotatable bonds is 1. The Bertz CT molecular complexity index is 477. The van der Waals surface area contributed by atoms with Crippen LogP contribution in [0, 0.1) is 0 Å². The molecule has 2 aliphatic rings. The zero-order chi connectivity index (χ0) is 12.0. The van der Waals surface area contributed by atoms with Crippen LogP contribution in [0.3, 0.4) is 0 Å². The Balaban J connectivity index is 2.26. The highest BCUT2D eigenvalue weighted by atomic mass is 15.0. The third-order valence-corrected chi connectivity index (χ3v) is 4.22. The molecule has 0 saturated carbocycles. The normalized spacial score (nSPS) is 21.7. The molecule has 0 fully saturated rings. The molecule has 1 aliphatic carbocycles. The second kappa shape index (κ2) is 3.74. The SMILES string of the molecule is CCc1cn2c3c1C(C)(C)CC=C3CNCC2. The van der Waals surface area contributed by atoms with Gasteiger partial charge in [-0.1, -0.05) is 26.8 Å². The minimum absolute atomic E-state index is 0.305. The summed E-state index contributed by atoms with van der Waals surface area (Å²) in [7, 11) is 0. The Morgan fingerprint density at radius 1 is 1.41 bits per heavy atom. The largest absolute Gasteiger partial charge is 0.346 e. The minimum Gasteiger partial charge on any atom is -0.346 e. The van der Waals surface area contributed by atoms with E-state index in [-0.39, 0.29) is 0 Å². The average molecular weight is 230 g/mol. The van der Waals surface area contributed by atoms with Gasteiger partial charge in [0.15, 0.2) is 0 Å².